The minimum absolute atomic E-state index is 0.258. The molecule has 1 aromatic rings. The Kier molecular flexibility index (Phi) is 4.67. The van der Waals surface area contributed by atoms with Crippen LogP contribution in [0.2, 0.25) is 5.15 Å². The average molecular weight is 257 g/mol. The molecule has 0 bridgehead atoms. The summed E-state index contributed by atoms with van der Waals surface area (Å²) < 4.78 is 5.64. The highest BCUT2D eigenvalue weighted by atomic mass is 35.5. The first kappa shape index (κ1) is 12.7. The van der Waals surface area contributed by atoms with Crippen LogP contribution in [0.1, 0.15) is 5.69 Å². The van der Waals surface area contributed by atoms with Crippen LogP contribution in [-0.2, 0) is 11.3 Å². The molecular weight excluding hydrogens is 240 g/mol. The molecule has 5 nitrogen and oxygen atoms in total. The molecule has 1 unspecified atom stereocenters. The number of likely N-dealkylation sites (N-methyl/N-ethyl adjacent to an activating group) is 1. The maximum absolute atomic E-state index is 5.69. The summed E-state index contributed by atoms with van der Waals surface area (Å²) in [6.07, 6.45) is 3.54. The maximum Gasteiger partial charge on any atom is 0.147 e. The minimum Gasteiger partial charge on any atom is -0.374 e. The van der Waals surface area contributed by atoms with Crippen LogP contribution in [0.3, 0.4) is 0 Å². The van der Waals surface area contributed by atoms with Crippen molar-refractivity contribution in [2.45, 2.75) is 12.6 Å². The van der Waals surface area contributed by atoms with E-state index in [4.69, 9.17) is 16.3 Å². The predicted octanol–water partition coefficient (Wildman–Crippen LogP) is 0.550. The molecule has 1 aliphatic rings. The highest BCUT2D eigenvalue weighted by molar-refractivity contribution is 6.29. The van der Waals surface area contributed by atoms with Crippen molar-refractivity contribution in [3.05, 3.63) is 23.2 Å². The van der Waals surface area contributed by atoms with Gasteiger partial charge in [0, 0.05) is 26.2 Å². The van der Waals surface area contributed by atoms with Crippen LogP contribution in [0, 0.1) is 0 Å². The summed E-state index contributed by atoms with van der Waals surface area (Å²) in [5, 5.41) is 3.74. The first-order valence-corrected chi connectivity index (χ1v) is 6.09. The fourth-order valence-corrected chi connectivity index (χ4v) is 1.94. The van der Waals surface area contributed by atoms with Crippen molar-refractivity contribution in [2.24, 2.45) is 0 Å². The van der Waals surface area contributed by atoms with E-state index in [0.717, 1.165) is 38.5 Å². The summed E-state index contributed by atoms with van der Waals surface area (Å²) in [5.41, 5.74) is 0.917. The van der Waals surface area contributed by atoms with E-state index in [1.165, 1.54) is 0 Å². The number of nitrogens with zero attached hydrogens (tertiary/aromatic N) is 3. The van der Waals surface area contributed by atoms with Gasteiger partial charge in [-0.1, -0.05) is 11.6 Å². The van der Waals surface area contributed by atoms with Gasteiger partial charge in [-0.05, 0) is 7.05 Å². The topological polar surface area (TPSA) is 50.3 Å². The van der Waals surface area contributed by atoms with E-state index in [2.05, 4.69) is 20.2 Å². The molecule has 6 heteroatoms. The van der Waals surface area contributed by atoms with Crippen molar-refractivity contribution in [1.29, 1.82) is 0 Å². The molecule has 1 atom stereocenters. The Morgan fingerprint density at radius 1 is 1.53 bits per heavy atom. The lowest BCUT2D eigenvalue weighted by molar-refractivity contribution is 0.00866. The second kappa shape index (κ2) is 6.26. The Balaban J connectivity index is 1.79. The molecule has 1 N–H and O–H groups in total. The Labute approximate surface area is 106 Å². The summed E-state index contributed by atoms with van der Waals surface area (Å²) in [5.74, 6) is 0. The van der Waals surface area contributed by atoms with Gasteiger partial charge in [0.25, 0.3) is 0 Å². The number of hydrogen-bond donors (Lipinski definition) is 1. The molecule has 0 aliphatic carbocycles. The summed E-state index contributed by atoms with van der Waals surface area (Å²) >= 11 is 5.69. The number of halogens is 1. The van der Waals surface area contributed by atoms with Crippen LogP contribution in [0.25, 0.3) is 0 Å². The Morgan fingerprint density at radius 3 is 3.06 bits per heavy atom. The molecule has 1 aromatic heterocycles. The maximum atomic E-state index is 5.69. The Hall–Kier alpha value is -0.750. The number of rotatable bonds is 4. The smallest absolute Gasteiger partial charge is 0.147 e. The lowest BCUT2D eigenvalue weighted by Gasteiger charge is -2.27. The minimum atomic E-state index is 0.258. The number of aromatic nitrogens is 2. The molecule has 0 saturated carbocycles. The predicted molar refractivity (Wildman–Crippen MR) is 66.0 cm³/mol. The lowest BCUT2D eigenvalue weighted by atomic mass is 10.3. The summed E-state index contributed by atoms with van der Waals surface area (Å²) in [7, 11) is 2.05. The van der Waals surface area contributed by atoms with Gasteiger partial charge in [0.1, 0.15) is 5.15 Å². The van der Waals surface area contributed by atoms with Gasteiger partial charge in [-0.2, -0.15) is 0 Å². The fraction of sp³-hybridized carbons (Fsp3) is 0.636. The molecule has 0 spiro atoms. The van der Waals surface area contributed by atoms with E-state index >= 15 is 0 Å². The zero-order chi connectivity index (χ0) is 12.1. The van der Waals surface area contributed by atoms with E-state index in [0.29, 0.717) is 5.15 Å². The van der Waals surface area contributed by atoms with Gasteiger partial charge < -0.3 is 10.1 Å². The molecule has 1 saturated heterocycles. The lowest BCUT2D eigenvalue weighted by Crippen LogP contribution is -2.44. The van der Waals surface area contributed by atoms with Crippen molar-refractivity contribution >= 4 is 11.6 Å². The number of hydrogen-bond acceptors (Lipinski definition) is 5. The van der Waals surface area contributed by atoms with Crippen LogP contribution in [0.15, 0.2) is 12.4 Å². The van der Waals surface area contributed by atoms with Crippen molar-refractivity contribution in [3.63, 3.8) is 0 Å². The zero-order valence-electron chi connectivity index (χ0n) is 9.90. The monoisotopic (exact) mass is 256 g/mol. The quantitative estimate of drug-likeness (QED) is 0.853. The molecule has 1 aliphatic heterocycles. The van der Waals surface area contributed by atoms with Gasteiger partial charge in [0.15, 0.2) is 0 Å². The van der Waals surface area contributed by atoms with Crippen molar-refractivity contribution < 1.29 is 4.74 Å². The Morgan fingerprint density at radius 2 is 2.41 bits per heavy atom. The van der Waals surface area contributed by atoms with E-state index in [1.54, 1.807) is 12.4 Å². The van der Waals surface area contributed by atoms with Crippen molar-refractivity contribution in [2.75, 3.05) is 33.3 Å². The SMILES string of the molecule is CN(Cc1cnc(Cl)cn1)CC1CNCCO1. The second-order valence-electron chi connectivity index (χ2n) is 4.22. The highest BCUT2D eigenvalue weighted by Crippen LogP contribution is 2.05. The number of morpholine rings is 1. The molecular formula is C11H17ClN4O. The average Bonchev–Trinajstić information content (AvgIpc) is 2.33. The van der Waals surface area contributed by atoms with Gasteiger partial charge >= 0.3 is 0 Å². The molecule has 17 heavy (non-hydrogen) atoms. The van der Waals surface area contributed by atoms with Gasteiger partial charge in [0.05, 0.1) is 30.8 Å². The third kappa shape index (κ3) is 4.20. The molecule has 0 radical (unpaired) electrons. The van der Waals surface area contributed by atoms with Crippen LogP contribution < -0.4 is 5.32 Å². The van der Waals surface area contributed by atoms with Crippen molar-refractivity contribution in [1.82, 2.24) is 20.2 Å². The zero-order valence-corrected chi connectivity index (χ0v) is 10.7. The fourth-order valence-electron chi connectivity index (χ4n) is 1.85. The highest BCUT2D eigenvalue weighted by Gasteiger charge is 2.15. The van der Waals surface area contributed by atoms with Gasteiger partial charge in [-0.15, -0.1) is 0 Å². The number of ether oxygens (including phenoxy) is 1. The van der Waals surface area contributed by atoms with Crippen LogP contribution in [0.4, 0.5) is 0 Å². The van der Waals surface area contributed by atoms with Crippen LogP contribution in [0.5, 0.6) is 0 Å². The summed E-state index contributed by atoms with van der Waals surface area (Å²) in [6, 6.07) is 0. The van der Waals surface area contributed by atoms with Crippen molar-refractivity contribution in [3.8, 4) is 0 Å². The Bertz CT molecular complexity index is 340. The van der Waals surface area contributed by atoms with Crippen LogP contribution >= 0.6 is 11.6 Å². The van der Waals surface area contributed by atoms with Gasteiger partial charge in [-0.25, -0.2) is 4.98 Å². The second-order valence-corrected chi connectivity index (χ2v) is 4.61. The molecule has 0 amide bonds. The number of nitrogens with one attached hydrogen (secondary N) is 1. The largest absolute Gasteiger partial charge is 0.374 e. The van der Waals surface area contributed by atoms with E-state index in [9.17, 15) is 0 Å². The first-order chi connectivity index (χ1) is 8.24. The first-order valence-electron chi connectivity index (χ1n) is 5.71. The normalized spacial score (nSPS) is 20.8. The summed E-state index contributed by atoms with van der Waals surface area (Å²) in [4.78, 5) is 10.4. The third-order valence-corrected chi connectivity index (χ3v) is 2.82. The third-order valence-electron chi connectivity index (χ3n) is 2.63. The molecule has 2 heterocycles. The van der Waals surface area contributed by atoms with E-state index in [1.807, 2.05) is 7.05 Å². The van der Waals surface area contributed by atoms with E-state index in [-0.39, 0.29) is 6.10 Å². The standard InChI is InChI=1S/C11H17ClN4O/c1-16(8-10-5-13-2-3-17-10)7-9-4-15-11(12)6-14-9/h4,6,10,13H,2-3,5,7-8H2,1H3. The van der Waals surface area contributed by atoms with Gasteiger partial charge in [0.2, 0.25) is 0 Å². The van der Waals surface area contributed by atoms with E-state index < -0.39 is 0 Å². The molecule has 2 rings (SSSR count). The molecule has 1 fully saturated rings. The molecule has 0 aromatic carbocycles. The van der Waals surface area contributed by atoms with Crippen LogP contribution in [-0.4, -0.2) is 54.3 Å². The van der Waals surface area contributed by atoms with Gasteiger partial charge in [-0.3, -0.25) is 9.88 Å². The molecule has 94 valence electrons. The summed E-state index contributed by atoms with van der Waals surface area (Å²) in [6.45, 7) is 4.29.